The number of hydrogen-bond donors (Lipinski definition) is 1. The lowest BCUT2D eigenvalue weighted by Gasteiger charge is -2.34. The first-order valence-electron chi connectivity index (χ1n) is 10.2. The minimum atomic E-state index is 0.148. The number of piperazine rings is 1. The molecule has 1 N–H and O–H groups in total. The molecule has 1 saturated heterocycles. The third kappa shape index (κ3) is 5.36. The third-order valence-corrected chi connectivity index (χ3v) is 5.58. The Bertz CT molecular complexity index is 850. The summed E-state index contributed by atoms with van der Waals surface area (Å²) in [5.41, 5.74) is 2.19. The SMILES string of the molecule is COc1cccc(N2CC[NH+](CC(=O)N(C)Cc3ccc(OC)c(OC)c3)CC2)c1. The molecule has 0 atom stereocenters. The maximum Gasteiger partial charge on any atom is 0.277 e. The Morgan fingerprint density at radius 1 is 1.00 bits per heavy atom. The summed E-state index contributed by atoms with van der Waals surface area (Å²) in [7, 11) is 6.77. The van der Waals surface area contributed by atoms with Crippen molar-refractivity contribution in [1.82, 2.24) is 4.90 Å². The standard InChI is InChI=1S/C23H31N3O4/c1-24(16-18-8-9-21(29-3)22(14-18)30-4)23(27)17-25-10-12-26(13-11-25)19-6-5-7-20(15-19)28-2/h5-9,14-15H,10-13,16-17H2,1-4H3/p+1. The topological polar surface area (TPSA) is 55.7 Å². The lowest BCUT2D eigenvalue weighted by Crippen LogP contribution is -3.15. The molecule has 1 aliphatic heterocycles. The second-order valence-electron chi connectivity index (χ2n) is 7.55. The zero-order valence-corrected chi connectivity index (χ0v) is 18.3. The van der Waals surface area contributed by atoms with Crippen LogP contribution in [-0.4, -0.2) is 71.9 Å². The number of carbonyl (C=O) groups excluding carboxylic acids is 1. The van der Waals surface area contributed by atoms with Crippen LogP contribution in [0.1, 0.15) is 5.56 Å². The van der Waals surface area contributed by atoms with Gasteiger partial charge in [-0.3, -0.25) is 4.79 Å². The molecule has 0 bridgehead atoms. The number of hydrogen-bond acceptors (Lipinski definition) is 5. The van der Waals surface area contributed by atoms with E-state index in [0.717, 1.165) is 37.5 Å². The molecule has 1 heterocycles. The van der Waals surface area contributed by atoms with Crippen LogP contribution in [0.3, 0.4) is 0 Å². The van der Waals surface area contributed by atoms with Crippen LogP contribution >= 0.6 is 0 Å². The molecule has 7 nitrogen and oxygen atoms in total. The minimum absolute atomic E-state index is 0.148. The van der Waals surface area contributed by atoms with E-state index in [1.165, 1.54) is 10.6 Å². The summed E-state index contributed by atoms with van der Waals surface area (Å²) in [6.45, 7) is 4.78. The molecular weight excluding hydrogens is 382 g/mol. The molecular formula is C23H32N3O4+. The highest BCUT2D eigenvalue weighted by molar-refractivity contribution is 5.76. The largest absolute Gasteiger partial charge is 0.497 e. The zero-order chi connectivity index (χ0) is 21.5. The molecule has 30 heavy (non-hydrogen) atoms. The maximum absolute atomic E-state index is 12.7. The fourth-order valence-electron chi connectivity index (χ4n) is 3.75. The molecule has 2 aromatic carbocycles. The Morgan fingerprint density at radius 2 is 1.73 bits per heavy atom. The van der Waals surface area contributed by atoms with Crippen LogP contribution in [0.2, 0.25) is 0 Å². The summed E-state index contributed by atoms with van der Waals surface area (Å²) in [5, 5.41) is 0. The van der Waals surface area contributed by atoms with Gasteiger partial charge in [0, 0.05) is 25.3 Å². The fourth-order valence-corrected chi connectivity index (χ4v) is 3.75. The highest BCUT2D eigenvalue weighted by Gasteiger charge is 2.24. The van der Waals surface area contributed by atoms with Gasteiger partial charge in [-0.2, -0.15) is 0 Å². The first-order valence-corrected chi connectivity index (χ1v) is 10.2. The summed E-state index contributed by atoms with van der Waals surface area (Å²) in [6, 6.07) is 13.9. The molecule has 0 radical (unpaired) electrons. The van der Waals surface area contributed by atoms with Gasteiger partial charge in [0.2, 0.25) is 0 Å². The van der Waals surface area contributed by atoms with Crippen molar-refractivity contribution in [3.8, 4) is 17.2 Å². The lowest BCUT2D eigenvalue weighted by atomic mass is 10.2. The van der Waals surface area contributed by atoms with Crippen molar-refractivity contribution < 1.29 is 23.9 Å². The monoisotopic (exact) mass is 414 g/mol. The number of benzene rings is 2. The average molecular weight is 415 g/mol. The van der Waals surface area contributed by atoms with Crippen LogP contribution in [-0.2, 0) is 11.3 Å². The Hall–Kier alpha value is -2.93. The number of amides is 1. The second kappa shape index (κ2) is 10.2. The number of nitrogens with zero attached hydrogens (tertiary/aromatic N) is 2. The predicted molar refractivity (Wildman–Crippen MR) is 117 cm³/mol. The van der Waals surface area contributed by atoms with Crippen LogP contribution in [0.4, 0.5) is 5.69 Å². The van der Waals surface area contributed by atoms with Crippen molar-refractivity contribution in [2.75, 3.05) is 66.0 Å². The Labute approximate surface area is 178 Å². The van der Waals surface area contributed by atoms with Crippen molar-refractivity contribution in [1.29, 1.82) is 0 Å². The van der Waals surface area contributed by atoms with Gasteiger partial charge in [0.25, 0.3) is 5.91 Å². The van der Waals surface area contributed by atoms with E-state index in [4.69, 9.17) is 14.2 Å². The van der Waals surface area contributed by atoms with E-state index >= 15 is 0 Å². The normalized spacial score (nSPS) is 14.3. The Balaban J connectivity index is 1.50. The smallest absolute Gasteiger partial charge is 0.277 e. The highest BCUT2D eigenvalue weighted by Crippen LogP contribution is 2.28. The van der Waals surface area contributed by atoms with E-state index in [9.17, 15) is 4.79 Å². The molecule has 0 saturated carbocycles. The summed E-state index contributed by atoms with van der Waals surface area (Å²) < 4.78 is 16.0. The number of likely N-dealkylation sites (N-methyl/N-ethyl adjacent to an activating group) is 1. The van der Waals surface area contributed by atoms with Crippen molar-refractivity contribution in [2.24, 2.45) is 0 Å². The van der Waals surface area contributed by atoms with Crippen molar-refractivity contribution >= 4 is 11.6 Å². The predicted octanol–water partition coefficient (Wildman–Crippen LogP) is 1.08. The van der Waals surface area contributed by atoms with Crippen molar-refractivity contribution in [2.45, 2.75) is 6.54 Å². The van der Waals surface area contributed by atoms with E-state index in [1.54, 1.807) is 26.2 Å². The number of methoxy groups -OCH3 is 3. The number of quaternary nitrogens is 1. The number of nitrogens with one attached hydrogen (secondary N) is 1. The van der Waals surface area contributed by atoms with E-state index < -0.39 is 0 Å². The molecule has 2 aromatic rings. The van der Waals surface area contributed by atoms with E-state index in [0.29, 0.717) is 24.6 Å². The van der Waals surface area contributed by atoms with Gasteiger partial charge in [-0.05, 0) is 29.8 Å². The first kappa shape index (κ1) is 21.8. The molecule has 3 rings (SSSR count). The van der Waals surface area contributed by atoms with E-state index in [-0.39, 0.29) is 5.91 Å². The highest BCUT2D eigenvalue weighted by atomic mass is 16.5. The molecule has 162 valence electrons. The number of rotatable bonds is 8. The van der Waals surface area contributed by atoms with Gasteiger partial charge in [-0.1, -0.05) is 12.1 Å². The molecule has 0 unspecified atom stereocenters. The van der Waals surface area contributed by atoms with Gasteiger partial charge in [-0.25, -0.2) is 0 Å². The third-order valence-electron chi connectivity index (χ3n) is 5.58. The maximum atomic E-state index is 12.7. The Morgan fingerprint density at radius 3 is 2.40 bits per heavy atom. The summed E-state index contributed by atoms with van der Waals surface area (Å²) in [5.74, 6) is 2.38. The van der Waals surface area contributed by atoms with Crippen LogP contribution in [0.5, 0.6) is 17.2 Å². The van der Waals surface area contributed by atoms with Crippen molar-refractivity contribution in [3.05, 3.63) is 48.0 Å². The molecule has 0 aromatic heterocycles. The number of anilines is 1. The van der Waals surface area contributed by atoms with Crippen molar-refractivity contribution in [3.63, 3.8) is 0 Å². The molecule has 1 aliphatic rings. The second-order valence-corrected chi connectivity index (χ2v) is 7.55. The van der Waals surface area contributed by atoms with Gasteiger partial charge in [0.05, 0.1) is 47.5 Å². The molecule has 0 aliphatic carbocycles. The van der Waals surface area contributed by atoms with Crippen LogP contribution < -0.4 is 24.0 Å². The molecule has 7 heteroatoms. The van der Waals surface area contributed by atoms with E-state index in [2.05, 4.69) is 17.0 Å². The van der Waals surface area contributed by atoms with Crippen LogP contribution in [0.25, 0.3) is 0 Å². The summed E-state index contributed by atoms with van der Waals surface area (Å²) >= 11 is 0. The Kier molecular flexibility index (Phi) is 7.41. The van der Waals surface area contributed by atoms with Gasteiger partial charge in [-0.15, -0.1) is 0 Å². The molecule has 1 fully saturated rings. The zero-order valence-electron chi connectivity index (χ0n) is 18.3. The summed E-state index contributed by atoms with van der Waals surface area (Å²) in [6.07, 6.45) is 0. The van der Waals surface area contributed by atoms with Crippen LogP contribution in [0.15, 0.2) is 42.5 Å². The minimum Gasteiger partial charge on any atom is -0.497 e. The number of ether oxygens (including phenoxy) is 3. The molecule has 0 spiro atoms. The first-order chi connectivity index (χ1) is 14.5. The van der Waals surface area contributed by atoms with Gasteiger partial charge >= 0.3 is 0 Å². The average Bonchev–Trinajstić information content (AvgIpc) is 2.79. The van der Waals surface area contributed by atoms with Gasteiger partial charge in [0.15, 0.2) is 18.0 Å². The fraction of sp³-hybridized carbons (Fsp3) is 0.435. The lowest BCUT2D eigenvalue weighted by molar-refractivity contribution is -0.892. The van der Waals surface area contributed by atoms with Crippen LogP contribution in [0, 0.1) is 0 Å². The van der Waals surface area contributed by atoms with Gasteiger partial charge < -0.3 is 28.9 Å². The number of carbonyl (C=O) groups is 1. The summed E-state index contributed by atoms with van der Waals surface area (Å²) in [4.78, 5) is 18.2. The quantitative estimate of drug-likeness (QED) is 0.701. The molecule has 1 amide bonds. The van der Waals surface area contributed by atoms with E-state index in [1.807, 2.05) is 37.4 Å². The van der Waals surface area contributed by atoms with Gasteiger partial charge in [0.1, 0.15) is 5.75 Å².